The zero-order valence-electron chi connectivity index (χ0n) is 27.4. The van der Waals surface area contributed by atoms with Gasteiger partial charge in [-0.25, -0.2) is 19.9 Å². The van der Waals surface area contributed by atoms with E-state index in [9.17, 15) is 0 Å². The van der Waals surface area contributed by atoms with Gasteiger partial charge in [-0.3, -0.25) is 0 Å². The van der Waals surface area contributed by atoms with E-state index in [0.717, 1.165) is 71.9 Å². The number of furan rings is 1. The smallest absolute Gasteiger partial charge is 0.164 e. The molecule has 0 saturated carbocycles. The molecule has 0 saturated heterocycles. The second-order valence-corrected chi connectivity index (χ2v) is 12.6. The monoisotopic (exact) mass is 652 g/mol. The third kappa shape index (κ3) is 4.94. The Hall–Kier alpha value is -6.98. The number of pyridine rings is 1. The van der Waals surface area contributed by atoms with Gasteiger partial charge in [-0.2, -0.15) is 0 Å². The lowest BCUT2D eigenvalue weighted by Crippen LogP contribution is -2.00. The Morgan fingerprint density at radius 1 is 0.373 bits per heavy atom. The number of benzene rings is 7. The molecule has 5 heteroatoms. The molecule has 0 aliphatic carbocycles. The Kier molecular flexibility index (Phi) is 6.74. The molecular weight excluding hydrogens is 625 g/mol. The zero-order chi connectivity index (χ0) is 33.7. The normalized spacial score (nSPS) is 11.5. The highest BCUT2D eigenvalue weighted by molar-refractivity contribution is 6.21. The second-order valence-electron chi connectivity index (χ2n) is 12.6. The highest BCUT2D eigenvalue weighted by Crippen LogP contribution is 2.43. The van der Waals surface area contributed by atoms with Gasteiger partial charge in [0.25, 0.3) is 0 Å². The molecule has 7 aromatic carbocycles. The fraction of sp³-hybridized carbons (Fsp3) is 0. The second kappa shape index (κ2) is 11.9. The van der Waals surface area contributed by atoms with Crippen LogP contribution in [0.5, 0.6) is 0 Å². The number of rotatable bonds is 5. The van der Waals surface area contributed by atoms with Crippen molar-refractivity contribution in [1.82, 2.24) is 19.9 Å². The standard InChI is InChI=1S/C46H28N4O/c1-3-15-30(16-4-1)44-48-45(31-17-5-2-6-18-31)50-46(49-44)33-21-11-20-32(28-33)41-40-37-23-9-10-27-39(37)51-43(40)38-26-13-25-36(42(38)47-41)35-24-12-19-29-14-7-8-22-34(29)35/h1-28H. The van der Waals surface area contributed by atoms with Crippen molar-refractivity contribution in [2.45, 2.75) is 0 Å². The first-order chi connectivity index (χ1) is 25.3. The highest BCUT2D eigenvalue weighted by Gasteiger charge is 2.21. The first-order valence-corrected chi connectivity index (χ1v) is 17.0. The Morgan fingerprint density at radius 3 is 1.67 bits per heavy atom. The van der Waals surface area contributed by atoms with Gasteiger partial charge < -0.3 is 4.42 Å². The fourth-order valence-corrected chi connectivity index (χ4v) is 7.11. The summed E-state index contributed by atoms with van der Waals surface area (Å²) in [6.07, 6.45) is 0. The largest absolute Gasteiger partial charge is 0.455 e. The Labute approximate surface area is 293 Å². The van der Waals surface area contributed by atoms with E-state index in [0.29, 0.717) is 17.5 Å². The van der Waals surface area contributed by atoms with Gasteiger partial charge in [0.1, 0.15) is 11.2 Å². The molecule has 10 aromatic rings. The van der Waals surface area contributed by atoms with Crippen LogP contribution in [-0.4, -0.2) is 19.9 Å². The first kappa shape index (κ1) is 29.0. The molecule has 238 valence electrons. The van der Waals surface area contributed by atoms with Gasteiger partial charge >= 0.3 is 0 Å². The van der Waals surface area contributed by atoms with E-state index in [-0.39, 0.29) is 0 Å². The van der Waals surface area contributed by atoms with Gasteiger partial charge in [0.05, 0.1) is 16.6 Å². The van der Waals surface area contributed by atoms with E-state index in [4.69, 9.17) is 24.4 Å². The quantitative estimate of drug-likeness (QED) is 0.185. The lowest BCUT2D eigenvalue weighted by molar-refractivity contribution is 0.672. The molecule has 3 aromatic heterocycles. The molecule has 0 N–H and O–H groups in total. The molecule has 0 unspecified atom stereocenters. The van der Waals surface area contributed by atoms with Gasteiger partial charge in [0.15, 0.2) is 17.5 Å². The maximum atomic E-state index is 6.68. The summed E-state index contributed by atoms with van der Waals surface area (Å²) in [5, 5.41) is 5.35. The van der Waals surface area contributed by atoms with Crippen molar-refractivity contribution in [2.24, 2.45) is 0 Å². The van der Waals surface area contributed by atoms with E-state index in [1.54, 1.807) is 0 Å². The summed E-state index contributed by atoms with van der Waals surface area (Å²) < 4.78 is 6.68. The van der Waals surface area contributed by atoms with Gasteiger partial charge in [0, 0.05) is 38.6 Å². The van der Waals surface area contributed by atoms with Crippen LogP contribution in [0.2, 0.25) is 0 Å². The molecule has 3 heterocycles. The molecule has 0 fully saturated rings. The molecule has 0 spiro atoms. The third-order valence-corrected chi connectivity index (χ3v) is 9.51. The Bertz CT molecular complexity index is 2850. The zero-order valence-corrected chi connectivity index (χ0v) is 27.4. The maximum absolute atomic E-state index is 6.68. The lowest BCUT2D eigenvalue weighted by Gasteiger charge is -2.13. The molecule has 51 heavy (non-hydrogen) atoms. The van der Waals surface area contributed by atoms with Crippen molar-refractivity contribution >= 4 is 43.6 Å². The molecule has 0 bridgehead atoms. The Morgan fingerprint density at radius 2 is 0.902 bits per heavy atom. The van der Waals surface area contributed by atoms with Crippen LogP contribution in [0.1, 0.15) is 0 Å². The topological polar surface area (TPSA) is 64.7 Å². The van der Waals surface area contributed by atoms with Crippen LogP contribution in [0.15, 0.2) is 174 Å². The summed E-state index contributed by atoms with van der Waals surface area (Å²) in [4.78, 5) is 20.4. The molecule has 5 nitrogen and oxygen atoms in total. The molecular formula is C46H28N4O. The summed E-state index contributed by atoms with van der Waals surface area (Å²) >= 11 is 0. The van der Waals surface area contributed by atoms with Gasteiger partial charge in [-0.15, -0.1) is 0 Å². The molecule has 0 aliphatic heterocycles. The van der Waals surface area contributed by atoms with Gasteiger partial charge in [-0.1, -0.05) is 152 Å². The molecule has 10 rings (SSSR count). The Balaban J connectivity index is 1.23. The van der Waals surface area contributed by atoms with Crippen molar-refractivity contribution in [2.75, 3.05) is 0 Å². The maximum Gasteiger partial charge on any atom is 0.164 e. The number of hydrogen-bond donors (Lipinski definition) is 0. The van der Waals surface area contributed by atoms with E-state index < -0.39 is 0 Å². The molecule has 0 atom stereocenters. The van der Waals surface area contributed by atoms with Gasteiger partial charge in [-0.05, 0) is 34.5 Å². The van der Waals surface area contributed by atoms with Crippen molar-refractivity contribution < 1.29 is 4.42 Å². The minimum absolute atomic E-state index is 0.593. The van der Waals surface area contributed by atoms with Crippen LogP contribution in [0, 0.1) is 0 Å². The fourth-order valence-electron chi connectivity index (χ4n) is 7.11. The van der Waals surface area contributed by atoms with Crippen LogP contribution >= 0.6 is 0 Å². The van der Waals surface area contributed by atoms with Crippen molar-refractivity contribution in [3.8, 4) is 56.5 Å². The number of fused-ring (bicyclic) bond motifs is 6. The summed E-state index contributed by atoms with van der Waals surface area (Å²) in [6.45, 7) is 0. The number of para-hydroxylation sites is 2. The number of nitrogens with zero attached hydrogens (tertiary/aromatic N) is 4. The van der Waals surface area contributed by atoms with E-state index in [1.165, 1.54) is 10.8 Å². The third-order valence-electron chi connectivity index (χ3n) is 9.51. The summed E-state index contributed by atoms with van der Waals surface area (Å²) in [7, 11) is 0. The lowest BCUT2D eigenvalue weighted by atomic mass is 9.94. The van der Waals surface area contributed by atoms with Crippen LogP contribution in [0.3, 0.4) is 0 Å². The van der Waals surface area contributed by atoms with E-state index in [2.05, 4.69) is 97.1 Å². The summed E-state index contributed by atoms with van der Waals surface area (Å²) in [6, 6.07) is 58.0. The molecule has 0 amide bonds. The minimum atomic E-state index is 0.593. The predicted octanol–water partition coefficient (Wildman–Crippen LogP) is 11.8. The van der Waals surface area contributed by atoms with E-state index in [1.807, 2.05) is 72.8 Å². The van der Waals surface area contributed by atoms with Crippen molar-refractivity contribution in [1.29, 1.82) is 0 Å². The predicted molar refractivity (Wildman–Crippen MR) is 207 cm³/mol. The van der Waals surface area contributed by atoms with Crippen LogP contribution in [-0.2, 0) is 0 Å². The van der Waals surface area contributed by atoms with Gasteiger partial charge in [0.2, 0.25) is 0 Å². The first-order valence-electron chi connectivity index (χ1n) is 17.0. The van der Waals surface area contributed by atoms with Crippen LogP contribution in [0.25, 0.3) is 100 Å². The summed E-state index contributed by atoms with van der Waals surface area (Å²) in [5.41, 5.74) is 9.24. The van der Waals surface area contributed by atoms with Crippen LogP contribution in [0.4, 0.5) is 0 Å². The number of aromatic nitrogens is 4. The van der Waals surface area contributed by atoms with Crippen molar-refractivity contribution in [3.63, 3.8) is 0 Å². The average molecular weight is 653 g/mol. The van der Waals surface area contributed by atoms with Crippen molar-refractivity contribution in [3.05, 3.63) is 170 Å². The van der Waals surface area contributed by atoms with E-state index >= 15 is 0 Å². The highest BCUT2D eigenvalue weighted by atomic mass is 16.3. The molecule has 0 aliphatic rings. The summed E-state index contributed by atoms with van der Waals surface area (Å²) in [5.74, 6) is 1.84. The molecule has 0 radical (unpaired) electrons. The average Bonchev–Trinajstić information content (AvgIpc) is 3.61. The minimum Gasteiger partial charge on any atom is -0.455 e. The SMILES string of the molecule is c1ccc(-c2nc(-c3ccccc3)nc(-c3cccc(-c4nc5c(-c6cccc7ccccc67)cccc5c5oc6ccccc6c45)c3)n2)cc1. The van der Waals surface area contributed by atoms with Crippen LogP contribution < -0.4 is 0 Å². The number of hydrogen-bond acceptors (Lipinski definition) is 5.